The smallest absolute Gasteiger partial charge is 0.0808 e. The van der Waals surface area contributed by atoms with Gasteiger partial charge in [-0.15, -0.1) is 11.3 Å². The van der Waals surface area contributed by atoms with Gasteiger partial charge in [-0.3, -0.25) is 0 Å². The highest BCUT2D eigenvalue weighted by Gasteiger charge is 2.20. The fraction of sp³-hybridized carbons (Fsp3) is 0.750. The van der Waals surface area contributed by atoms with Crippen LogP contribution in [0.15, 0.2) is 6.07 Å². The van der Waals surface area contributed by atoms with Crippen LogP contribution >= 0.6 is 11.3 Å². The van der Waals surface area contributed by atoms with Gasteiger partial charge < -0.3 is 14.8 Å². The van der Waals surface area contributed by atoms with Crippen LogP contribution in [0, 0.1) is 6.92 Å². The summed E-state index contributed by atoms with van der Waals surface area (Å²) in [4.78, 5) is 2.82. The Balaban J connectivity index is 1.41. The molecule has 20 heavy (non-hydrogen) atoms. The lowest BCUT2D eigenvalue weighted by Gasteiger charge is -2.22. The summed E-state index contributed by atoms with van der Waals surface area (Å²) in [6.45, 7) is 5.59. The quantitative estimate of drug-likeness (QED) is 0.836. The monoisotopic (exact) mass is 295 g/mol. The first-order valence-electron chi connectivity index (χ1n) is 7.82. The van der Waals surface area contributed by atoms with Crippen LogP contribution in [0.4, 0.5) is 0 Å². The fourth-order valence-corrected chi connectivity index (χ4v) is 3.59. The lowest BCUT2D eigenvalue weighted by molar-refractivity contribution is -0.0447. The Bertz CT molecular complexity index is 422. The molecule has 1 saturated carbocycles. The number of aryl methyl sites for hydroxylation is 1. The van der Waals surface area contributed by atoms with Crippen molar-refractivity contribution in [2.45, 2.75) is 64.3 Å². The van der Waals surface area contributed by atoms with Gasteiger partial charge in [-0.1, -0.05) is 0 Å². The van der Waals surface area contributed by atoms with E-state index in [2.05, 4.69) is 18.3 Å². The van der Waals surface area contributed by atoms with Crippen LogP contribution in [-0.2, 0) is 22.6 Å². The molecule has 4 heteroatoms. The molecule has 1 aliphatic heterocycles. The van der Waals surface area contributed by atoms with Crippen LogP contribution in [0.1, 0.15) is 47.4 Å². The molecule has 2 heterocycles. The van der Waals surface area contributed by atoms with Crippen LogP contribution in [0.3, 0.4) is 0 Å². The summed E-state index contributed by atoms with van der Waals surface area (Å²) in [6.07, 6.45) is 6.65. The number of thiophene rings is 1. The molecular formula is C16H25NO2S. The second-order valence-corrected chi connectivity index (χ2v) is 7.29. The average molecular weight is 295 g/mol. The number of hydrogen-bond donors (Lipinski definition) is 1. The minimum Gasteiger partial charge on any atom is -0.376 e. The van der Waals surface area contributed by atoms with Gasteiger partial charge in [0, 0.05) is 28.9 Å². The Morgan fingerprint density at radius 1 is 1.35 bits per heavy atom. The lowest BCUT2D eigenvalue weighted by Crippen LogP contribution is -2.24. The molecule has 3 rings (SSSR count). The van der Waals surface area contributed by atoms with Crippen molar-refractivity contribution >= 4 is 11.3 Å². The summed E-state index contributed by atoms with van der Waals surface area (Å²) in [5.41, 5.74) is 1.35. The van der Waals surface area contributed by atoms with E-state index >= 15 is 0 Å². The van der Waals surface area contributed by atoms with Crippen molar-refractivity contribution in [1.82, 2.24) is 5.32 Å². The van der Waals surface area contributed by atoms with Crippen LogP contribution < -0.4 is 5.32 Å². The maximum atomic E-state index is 5.85. The predicted molar refractivity (Wildman–Crippen MR) is 82.2 cm³/mol. The van der Waals surface area contributed by atoms with Crippen molar-refractivity contribution in [3.63, 3.8) is 0 Å². The van der Waals surface area contributed by atoms with Crippen molar-refractivity contribution < 1.29 is 9.47 Å². The molecule has 0 amide bonds. The van der Waals surface area contributed by atoms with E-state index < -0.39 is 0 Å². The molecule has 1 aliphatic carbocycles. The molecule has 0 radical (unpaired) electrons. The molecule has 3 nitrogen and oxygen atoms in total. The Labute approximate surface area is 125 Å². The molecule has 0 aromatic carbocycles. The van der Waals surface area contributed by atoms with E-state index in [0.29, 0.717) is 6.10 Å². The summed E-state index contributed by atoms with van der Waals surface area (Å²) < 4.78 is 11.5. The van der Waals surface area contributed by atoms with Gasteiger partial charge in [-0.25, -0.2) is 0 Å². The molecule has 1 unspecified atom stereocenters. The number of hydrogen-bond acceptors (Lipinski definition) is 4. The first-order chi connectivity index (χ1) is 9.81. The Kier molecular flexibility index (Phi) is 5.10. The molecule has 1 N–H and O–H groups in total. The fourth-order valence-electron chi connectivity index (χ4n) is 2.59. The molecule has 0 bridgehead atoms. The lowest BCUT2D eigenvalue weighted by atomic mass is 10.1. The Morgan fingerprint density at radius 3 is 3.00 bits per heavy atom. The molecule has 112 valence electrons. The predicted octanol–water partition coefficient (Wildman–Crippen LogP) is 3.39. The van der Waals surface area contributed by atoms with E-state index in [0.717, 1.165) is 38.8 Å². The van der Waals surface area contributed by atoms with Gasteiger partial charge >= 0.3 is 0 Å². The molecule has 1 aromatic heterocycles. The second-order valence-electron chi connectivity index (χ2n) is 5.95. The highest BCUT2D eigenvalue weighted by Crippen LogP contribution is 2.25. The van der Waals surface area contributed by atoms with Crippen LogP contribution in [-0.4, -0.2) is 25.4 Å². The first-order valence-corrected chi connectivity index (χ1v) is 8.64. The third-order valence-electron chi connectivity index (χ3n) is 4.05. The Hall–Kier alpha value is -0.420. The maximum Gasteiger partial charge on any atom is 0.0808 e. The van der Waals surface area contributed by atoms with Crippen LogP contribution in [0.5, 0.6) is 0 Å². The third-order valence-corrected chi connectivity index (χ3v) is 5.14. The zero-order chi connectivity index (χ0) is 13.8. The largest absolute Gasteiger partial charge is 0.376 e. The van der Waals surface area contributed by atoms with Crippen molar-refractivity contribution in [1.29, 1.82) is 0 Å². The van der Waals surface area contributed by atoms with Crippen LogP contribution in [0.2, 0.25) is 0 Å². The molecule has 2 aliphatic rings. The molecule has 1 saturated heterocycles. The third kappa shape index (κ3) is 4.29. The van der Waals surface area contributed by atoms with Gasteiger partial charge in [0.2, 0.25) is 0 Å². The minimum atomic E-state index is 0.318. The number of ether oxygens (including phenoxy) is 2. The van der Waals surface area contributed by atoms with Gasteiger partial charge in [0.25, 0.3) is 0 Å². The normalized spacial score (nSPS) is 23.1. The zero-order valence-corrected chi connectivity index (χ0v) is 13.1. The molecule has 0 spiro atoms. The van der Waals surface area contributed by atoms with Gasteiger partial charge in [0.15, 0.2) is 0 Å². The first kappa shape index (κ1) is 14.5. The topological polar surface area (TPSA) is 30.5 Å². The van der Waals surface area contributed by atoms with Crippen molar-refractivity contribution in [2.75, 3.05) is 13.2 Å². The average Bonchev–Trinajstić information content (AvgIpc) is 3.23. The minimum absolute atomic E-state index is 0.318. The molecular weight excluding hydrogens is 270 g/mol. The van der Waals surface area contributed by atoms with E-state index in [1.165, 1.54) is 41.0 Å². The van der Waals surface area contributed by atoms with E-state index in [9.17, 15) is 0 Å². The van der Waals surface area contributed by atoms with Gasteiger partial charge in [-0.2, -0.15) is 0 Å². The van der Waals surface area contributed by atoms with Gasteiger partial charge in [-0.05, 0) is 50.7 Å². The van der Waals surface area contributed by atoms with Crippen molar-refractivity contribution in [2.24, 2.45) is 0 Å². The maximum absolute atomic E-state index is 5.85. The van der Waals surface area contributed by atoms with E-state index in [1.54, 1.807) is 0 Å². The SMILES string of the molecule is Cc1sc(CNC2CC2)cc1COCC1CCCCO1. The number of nitrogens with one attached hydrogen (secondary N) is 1. The van der Waals surface area contributed by atoms with Crippen molar-refractivity contribution in [3.8, 4) is 0 Å². The molecule has 1 atom stereocenters. The molecule has 2 fully saturated rings. The molecule has 1 aromatic rings. The van der Waals surface area contributed by atoms with Crippen molar-refractivity contribution in [3.05, 3.63) is 21.4 Å². The van der Waals surface area contributed by atoms with E-state index in [4.69, 9.17) is 9.47 Å². The highest BCUT2D eigenvalue weighted by atomic mass is 32.1. The van der Waals surface area contributed by atoms with Gasteiger partial charge in [0.05, 0.1) is 19.3 Å². The van der Waals surface area contributed by atoms with Crippen LogP contribution in [0.25, 0.3) is 0 Å². The van der Waals surface area contributed by atoms with E-state index in [1.807, 2.05) is 11.3 Å². The Morgan fingerprint density at radius 2 is 2.25 bits per heavy atom. The van der Waals surface area contributed by atoms with E-state index in [-0.39, 0.29) is 0 Å². The number of rotatable bonds is 7. The summed E-state index contributed by atoms with van der Waals surface area (Å²) in [6, 6.07) is 3.08. The second kappa shape index (κ2) is 7.03. The highest BCUT2D eigenvalue weighted by molar-refractivity contribution is 7.12. The van der Waals surface area contributed by atoms with Gasteiger partial charge in [0.1, 0.15) is 0 Å². The summed E-state index contributed by atoms with van der Waals surface area (Å²) in [5, 5.41) is 3.57. The summed E-state index contributed by atoms with van der Waals surface area (Å²) in [5.74, 6) is 0. The summed E-state index contributed by atoms with van der Waals surface area (Å²) >= 11 is 1.90. The summed E-state index contributed by atoms with van der Waals surface area (Å²) in [7, 11) is 0. The zero-order valence-electron chi connectivity index (χ0n) is 12.3. The standard InChI is InChI=1S/C16H25NO2S/c1-12-13(8-16(20-12)9-17-14-5-6-14)10-18-11-15-4-2-3-7-19-15/h8,14-15,17H,2-7,9-11H2,1H3.